The van der Waals surface area contributed by atoms with Crippen molar-refractivity contribution in [1.82, 2.24) is 19.7 Å². The lowest BCUT2D eigenvalue weighted by Crippen LogP contribution is -2.22. The molecule has 1 fully saturated rings. The summed E-state index contributed by atoms with van der Waals surface area (Å²) in [7, 11) is 0. The van der Waals surface area contributed by atoms with E-state index >= 15 is 0 Å². The Balaban J connectivity index is 1.62. The SMILES string of the molecule is CCn1cc(N2Cc3nc(N4CCCC4)ncc3C2=O)cn1. The number of hydrogen-bond donors (Lipinski definition) is 0. The highest BCUT2D eigenvalue weighted by Crippen LogP contribution is 2.28. The molecular weight excluding hydrogens is 280 g/mol. The van der Waals surface area contributed by atoms with Crippen molar-refractivity contribution in [2.45, 2.75) is 32.9 Å². The van der Waals surface area contributed by atoms with E-state index in [1.54, 1.807) is 17.3 Å². The normalized spacial score (nSPS) is 17.4. The molecule has 0 atom stereocenters. The van der Waals surface area contributed by atoms with Gasteiger partial charge in [0.15, 0.2) is 0 Å². The third-order valence-corrected chi connectivity index (χ3v) is 4.28. The molecule has 22 heavy (non-hydrogen) atoms. The molecule has 7 heteroatoms. The van der Waals surface area contributed by atoms with Crippen LogP contribution in [-0.4, -0.2) is 38.7 Å². The molecule has 2 aromatic heterocycles. The first-order valence-electron chi connectivity index (χ1n) is 7.71. The molecule has 1 amide bonds. The smallest absolute Gasteiger partial charge is 0.262 e. The number of nitrogens with zero attached hydrogens (tertiary/aromatic N) is 6. The van der Waals surface area contributed by atoms with Crippen LogP contribution in [0.2, 0.25) is 0 Å². The van der Waals surface area contributed by atoms with E-state index in [2.05, 4.69) is 20.0 Å². The monoisotopic (exact) mass is 298 g/mol. The fraction of sp³-hybridized carbons (Fsp3) is 0.467. The van der Waals surface area contributed by atoms with Gasteiger partial charge in [0, 0.05) is 32.0 Å². The van der Waals surface area contributed by atoms with Crippen molar-refractivity contribution >= 4 is 17.5 Å². The summed E-state index contributed by atoms with van der Waals surface area (Å²) in [5, 5.41) is 4.24. The van der Waals surface area contributed by atoms with E-state index in [1.165, 1.54) is 12.8 Å². The minimum Gasteiger partial charge on any atom is -0.341 e. The average molecular weight is 298 g/mol. The molecule has 2 aliphatic heterocycles. The van der Waals surface area contributed by atoms with E-state index in [1.807, 2.05) is 17.8 Å². The Morgan fingerprint density at radius 3 is 2.77 bits per heavy atom. The molecule has 0 aromatic carbocycles. The van der Waals surface area contributed by atoms with Crippen LogP contribution >= 0.6 is 0 Å². The lowest BCUT2D eigenvalue weighted by Gasteiger charge is -2.14. The maximum atomic E-state index is 12.5. The molecule has 4 heterocycles. The predicted molar refractivity (Wildman–Crippen MR) is 81.9 cm³/mol. The third-order valence-electron chi connectivity index (χ3n) is 4.28. The Morgan fingerprint density at radius 2 is 2.05 bits per heavy atom. The van der Waals surface area contributed by atoms with Crippen molar-refractivity contribution in [2.24, 2.45) is 0 Å². The summed E-state index contributed by atoms with van der Waals surface area (Å²) >= 11 is 0. The summed E-state index contributed by atoms with van der Waals surface area (Å²) in [5.41, 5.74) is 2.23. The van der Waals surface area contributed by atoms with Crippen molar-refractivity contribution in [3.05, 3.63) is 29.8 Å². The summed E-state index contributed by atoms with van der Waals surface area (Å²) < 4.78 is 1.81. The zero-order valence-electron chi connectivity index (χ0n) is 12.6. The van der Waals surface area contributed by atoms with E-state index in [0.717, 1.165) is 37.0 Å². The largest absolute Gasteiger partial charge is 0.341 e. The first kappa shape index (κ1) is 13.2. The first-order chi connectivity index (χ1) is 10.8. The average Bonchev–Trinajstić information content (AvgIpc) is 3.27. The van der Waals surface area contributed by atoms with Crippen LogP contribution in [0.15, 0.2) is 18.6 Å². The Kier molecular flexibility index (Phi) is 3.06. The Morgan fingerprint density at radius 1 is 1.23 bits per heavy atom. The van der Waals surface area contributed by atoms with Crippen LogP contribution in [0, 0.1) is 0 Å². The number of carbonyl (C=O) groups is 1. The molecule has 0 radical (unpaired) electrons. The van der Waals surface area contributed by atoms with Gasteiger partial charge in [0.2, 0.25) is 5.95 Å². The number of aryl methyl sites for hydroxylation is 1. The molecule has 0 spiro atoms. The molecule has 2 aromatic rings. The van der Waals surface area contributed by atoms with Gasteiger partial charge in [-0.25, -0.2) is 9.97 Å². The van der Waals surface area contributed by atoms with Gasteiger partial charge >= 0.3 is 0 Å². The zero-order chi connectivity index (χ0) is 15.1. The maximum Gasteiger partial charge on any atom is 0.262 e. The van der Waals surface area contributed by atoms with Crippen LogP contribution in [0.4, 0.5) is 11.6 Å². The first-order valence-corrected chi connectivity index (χ1v) is 7.71. The Hall–Kier alpha value is -2.44. The predicted octanol–water partition coefficient (Wildman–Crippen LogP) is 1.45. The van der Waals surface area contributed by atoms with Crippen molar-refractivity contribution < 1.29 is 4.79 Å². The second kappa shape index (κ2) is 5.08. The molecular formula is C15H18N6O. The third kappa shape index (κ3) is 2.04. The van der Waals surface area contributed by atoms with Crippen LogP contribution < -0.4 is 9.80 Å². The van der Waals surface area contributed by atoms with Crippen molar-refractivity contribution in [1.29, 1.82) is 0 Å². The second-order valence-electron chi connectivity index (χ2n) is 5.67. The molecule has 1 saturated heterocycles. The number of aromatic nitrogens is 4. The number of fused-ring (bicyclic) bond motifs is 1. The molecule has 7 nitrogen and oxygen atoms in total. The fourth-order valence-electron chi connectivity index (χ4n) is 3.02. The molecule has 0 aliphatic carbocycles. The highest BCUT2D eigenvalue weighted by molar-refractivity contribution is 6.09. The quantitative estimate of drug-likeness (QED) is 0.858. The van der Waals surface area contributed by atoms with E-state index < -0.39 is 0 Å². The fourth-order valence-corrected chi connectivity index (χ4v) is 3.02. The molecule has 0 N–H and O–H groups in total. The van der Waals surface area contributed by atoms with Crippen LogP contribution in [-0.2, 0) is 13.1 Å². The van der Waals surface area contributed by atoms with E-state index in [-0.39, 0.29) is 5.91 Å². The van der Waals surface area contributed by atoms with Gasteiger partial charge < -0.3 is 4.90 Å². The van der Waals surface area contributed by atoms with Gasteiger partial charge in [-0.15, -0.1) is 0 Å². The van der Waals surface area contributed by atoms with Gasteiger partial charge in [-0.2, -0.15) is 5.10 Å². The maximum absolute atomic E-state index is 12.5. The number of carbonyl (C=O) groups excluding carboxylic acids is 1. The summed E-state index contributed by atoms with van der Waals surface area (Å²) in [6.07, 6.45) is 7.65. The summed E-state index contributed by atoms with van der Waals surface area (Å²) in [5.74, 6) is 0.703. The summed E-state index contributed by atoms with van der Waals surface area (Å²) in [4.78, 5) is 25.4. The van der Waals surface area contributed by atoms with Gasteiger partial charge in [0.25, 0.3) is 5.91 Å². The molecule has 0 unspecified atom stereocenters. The number of anilines is 2. The Bertz CT molecular complexity index is 719. The van der Waals surface area contributed by atoms with Crippen LogP contribution in [0.1, 0.15) is 35.8 Å². The molecule has 0 saturated carbocycles. The van der Waals surface area contributed by atoms with E-state index in [4.69, 9.17) is 0 Å². The van der Waals surface area contributed by atoms with Crippen molar-refractivity contribution in [3.63, 3.8) is 0 Å². The summed E-state index contributed by atoms with van der Waals surface area (Å²) in [6.45, 7) is 5.30. The van der Waals surface area contributed by atoms with Gasteiger partial charge in [-0.1, -0.05) is 0 Å². The topological polar surface area (TPSA) is 67.2 Å². The van der Waals surface area contributed by atoms with Crippen molar-refractivity contribution in [3.8, 4) is 0 Å². The second-order valence-corrected chi connectivity index (χ2v) is 5.67. The van der Waals surface area contributed by atoms with Gasteiger partial charge in [0.05, 0.1) is 29.7 Å². The van der Waals surface area contributed by atoms with Gasteiger partial charge in [-0.05, 0) is 19.8 Å². The number of hydrogen-bond acceptors (Lipinski definition) is 5. The number of amides is 1. The molecule has 0 bridgehead atoms. The number of rotatable bonds is 3. The molecule has 114 valence electrons. The zero-order valence-corrected chi connectivity index (χ0v) is 12.6. The summed E-state index contributed by atoms with van der Waals surface area (Å²) in [6, 6.07) is 0. The lowest BCUT2D eigenvalue weighted by atomic mass is 10.3. The van der Waals surface area contributed by atoms with E-state index in [0.29, 0.717) is 12.1 Å². The van der Waals surface area contributed by atoms with Gasteiger partial charge in [0.1, 0.15) is 0 Å². The van der Waals surface area contributed by atoms with E-state index in [9.17, 15) is 4.79 Å². The Labute approximate surface area is 128 Å². The molecule has 4 rings (SSSR count). The lowest BCUT2D eigenvalue weighted by molar-refractivity contribution is 0.0996. The molecule has 2 aliphatic rings. The minimum atomic E-state index is -0.0429. The minimum absolute atomic E-state index is 0.0429. The van der Waals surface area contributed by atoms with Gasteiger partial charge in [-0.3, -0.25) is 14.4 Å². The van der Waals surface area contributed by atoms with Crippen LogP contribution in [0.25, 0.3) is 0 Å². The van der Waals surface area contributed by atoms with Crippen molar-refractivity contribution in [2.75, 3.05) is 22.9 Å². The highest BCUT2D eigenvalue weighted by Gasteiger charge is 2.32. The standard InChI is InChI=1S/C15H18N6O/c1-2-20-9-11(7-17-20)21-10-13-12(14(21)22)8-16-15(18-13)19-5-3-4-6-19/h7-9H,2-6,10H2,1H3. The van der Waals surface area contributed by atoms with Crippen LogP contribution in [0.5, 0.6) is 0 Å². The van der Waals surface area contributed by atoms with Crippen LogP contribution in [0.3, 0.4) is 0 Å². The highest BCUT2D eigenvalue weighted by atomic mass is 16.2.